The Morgan fingerprint density at radius 1 is 1.25 bits per heavy atom. The van der Waals surface area contributed by atoms with Crippen LogP contribution >= 0.6 is 0 Å². The quantitative estimate of drug-likeness (QED) is 0.756. The first kappa shape index (κ1) is 18.0. The molecule has 7 nitrogen and oxygen atoms in total. The summed E-state index contributed by atoms with van der Waals surface area (Å²) >= 11 is 0. The number of amides is 1. The number of nitrogens with one attached hydrogen (secondary N) is 1. The molecule has 0 spiro atoms. The number of imidazole rings is 1. The molecule has 2 aromatic heterocycles. The molecule has 0 saturated heterocycles. The number of hydrogen-bond acceptors (Lipinski definition) is 4. The van der Waals surface area contributed by atoms with Gasteiger partial charge in [0.15, 0.2) is 0 Å². The van der Waals surface area contributed by atoms with E-state index >= 15 is 0 Å². The van der Waals surface area contributed by atoms with Crippen molar-refractivity contribution in [2.75, 3.05) is 13.7 Å². The zero-order valence-electron chi connectivity index (χ0n) is 15.9. The van der Waals surface area contributed by atoms with Gasteiger partial charge in [-0.25, -0.2) is 4.98 Å². The number of aromatic amines is 1. The second-order valence-corrected chi connectivity index (χ2v) is 6.76. The van der Waals surface area contributed by atoms with Crippen molar-refractivity contribution in [2.24, 2.45) is 0 Å². The standard InChI is InChI=1S/C21H22N4O3/c1-3-24-10-8-15(12-19(24)26)21(27)25-11-9-17-18(13-25)23-20(22-17)14-4-6-16(28-2)7-5-14/h4-8,10,12H,3,9,11,13H2,1-2H3,(H,22,23). The molecule has 0 aliphatic carbocycles. The van der Waals surface area contributed by atoms with Gasteiger partial charge in [-0.05, 0) is 37.3 Å². The minimum absolute atomic E-state index is 0.133. The Balaban J connectivity index is 1.54. The zero-order chi connectivity index (χ0) is 19.7. The normalized spacial score (nSPS) is 13.3. The van der Waals surface area contributed by atoms with Crippen LogP contribution in [0.5, 0.6) is 5.75 Å². The van der Waals surface area contributed by atoms with Crippen molar-refractivity contribution in [3.63, 3.8) is 0 Å². The van der Waals surface area contributed by atoms with Crippen LogP contribution in [0.3, 0.4) is 0 Å². The van der Waals surface area contributed by atoms with E-state index in [0.29, 0.717) is 31.6 Å². The van der Waals surface area contributed by atoms with Gasteiger partial charge in [0.1, 0.15) is 11.6 Å². The maximum absolute atomic E-state index is 12.8. The van der Waals surface area contributed by atoms with Gasteiger partial charge in [0.2, 0.25) is 0 Å². The molecule has 7 heteroatoms. The Morgan fingerprint density at radius 3 is 2.71 bits per heavy atom. The molecule has 1 aliphatic heterocycles. The third-order valence-electron chi connectivity index (χ3n) is 5.07. The molecule has 1 aromatic carbocycles. The number of methoxy groups -OCH3 is 1. The molecule has 0 radical (unpaired) electrons. The summed E-state index contributed by atoms with van der Waals surface area (Å²) in [6.45, 7) is 3.51. The number of hydrogen-bond donors (Lipinski definition) is 1. The molecule has 3 heterocycles. The average molecular weight is 378 g/mol. The minimum Gasteiger partial charge on any atom is -0.497 e. The summed E-state index contributed by atoms with van der Waals surface area (Å²) in [5, 5.41) is 0. The number of carbonyl (C=O) groups excluding carboxylic acids is 1. The molecule has 1 aliphatic rings. The highest BCUT2D eigenvalue weighted by atomic mass is 16.5. The van der Waals surface area contributed by atoms with E-state index in [1.165, 1.54) is 6.07 Å². The molecule has 0 bridgehead atoms. The molecule has 144 valence electrons. The fourth-order valence-electron chi connectivity index (χ4n) is 3.44. The lowest BCUT2D eigenvalue weighted by Crippen LogP contribution is -2.36. The van der Waals surface area contributed by atoms with E-state index in [1.807, 2.05) is 31.2 Å². The average Bonchev–Trinajstić information content (AvgIpc) is 3.16. The molecule has 1 amide bonds. The number of aryl methyl sites for hydroxylation is 1. The van der Waals surface area contributed by atoms with Crippen molar-refractivity contribution in [1.29, 1.82) is 0 Å². The molecule has 0 fully saturated rings. The Labute approximate surface area is 162 Å². The van der Waals surface area contributed by atoms with Gasteiger partial charge in [0.05, 0.1) is 25.0 Å². The van der Waals surface area contributed by atoms with Crippen LogP contribution in [0.15, 0.2) is 47.4 Å². The number of ether oxygens (including phenoxy) is 1. The lowest BCUT2D eigenvalue weighted by molar-refractivity contribution is 0.0731. The number of benzene rings is 1. The lowest BCUT2D eigenvalue weighted by atomic mass is 10.1. The minimum atomic E-state index is -0.158. The van der Waals surface area contributed by atoms with E-state index in [-0.39, 0.29) is 11.5 Å². The van der Waals surface area contributed by atoms with Crippen LogP contribution in [0.25, 0.3) is 11.4 Å². The number of H-pyrrole nitrogens is 1. The van der Waals surface area contributed by atoms with Crippen LogP contribution < -0.4 is 10.3 Å². The van der Waals surface area contributed by atoms with Crippen LogP contribution in [-0.4, -0.2) is 39.0 Å². The number of aromatic nitrogens is 3. The molecular formula is C21H22N4O3. The monoisotopic (exact) mass is 378 g/mol. The van der Waals surface area contributed by atoms with E-state index in [2.05, 4.69) is 4.98 Å². The molecular weight excluding hydrogens is 356 g/mol. The Morgan fingerprint density at radius 2 is 2.04 bits per heavy atom. The molecule has 0 saturated carbocycles. The maximum Gasteiger partial charge on any atom is 0.254 e. The van der Waals surface area contributed by atoms with Crippen molar-refractivity contribution in [2.45, 2.75) is 26.4 Å². The van der Waals surface area contributed by atoms with Gasteiger partial charge < -0.3 is 19.2 Å². The Hall–Kier alpha value is -3.35. The first-order chi connectivity index (χ1) is 13.6. The van der Waals surface area contributed by atoms with Gasteiger partial charge in [-0.2, -0.15) is 0 Å². The highest BCUT2D eigenvalue weighted by Crippen LogP contribution is 2.25. The van der Waals surface area contributed by atoms with E-state index < -0.39 is 0 Å². The van der Waals surface area contributed by atoms with Crippen LogP contribution in [-0.2, 0) is 19.5 Å². The Bertz CT molecular complexity index is 1070. The molecule has 4 rings (SSSR count). The molecule has 28 heavy (non-hydrogen) atoms. The maximum atomic E-state index is 12.8. The summed E-state index contributed by atoms with van der Waals surface area (Å²) in [5.41, 5.74) is 3.15. The number of rotatable bonds is 4. The van der Waals surface area contributed by atoms with Crippen LogP contribution in [0.1, 0.15) is 28.7 Å². The number of nitrogens with zero attached hydrogens (tertiary/aromatic N) is 3. The van der Waals surface area contributed by atoms with Gasteiger partial charge in [-0.1, -0.05) is 0 Å². The van der Waals surface area contributed by atoms with E-state index in [0.717, 1.165) is 28.5 Å². The third kappa shape index (κ3) is 3.31. The smallest absolute Gasteiger partial charge is 0.254 e. The second kappa shape index (κ2) is 7.34. The summed E-state index contributed by atoms with van der Waals surface area (Å²) in [5.74, 6) is 1.45. The molecule has 3 aromatic rings. The number of fused-ring (bicyclic) bond motifs is 1. The largest absolute Gasteiger partial charge is 0.497 e. The fourth-order valence-corrected chi connectivity index (χ4v) is 3.44. The Kier molecular flexibility index (Phi) is 4.73. The molecule has 1 N–H and O–H groups in total. The van der Waals surface area contributed by atoms with Gasteiger partial charge in [-0.3, -0.25) is 9.59 Å². The van der Waals surface area contributed by atoms with Crippen molar-refractivity contribution in [3.8, 4) is 17.1 Å². The van der Waals surface area contributed by atoms with Gasteiger partial charge in [-0.15, -0.1) is 0 Å². The van der Waals surface area contributed by atoms with E-state index in [9.17, 15) is 9.59 Å². The van der Waals surface area contributed by atoms with Crippen LogP contribution in [0.4, 0.5) is 0 Å². The summed E-state index contributed by atoms with van der Waals surface area (Å²) in [7, 11) is 1.64. The van der Waals surface area contributed by atoms with Crippen molar-refractivity contribution >= 4 is 5.91 Å². The molecule has 0 atom stereocenters. The van der Waals surface area contributed by atoms with Crippen molar-refractivity contribution < 1.29 is 9.53 Å². The highest BCUT2D eigenvalue weighted by Gasteiger charge is 2.25. The van der Waals surface area contributed by atoms with Gasteiger partial charge in [0, 0.05) is 42.9 Å². The summed E-state index contributed by atoms with van der Waals surface area (Å²) < 4.78 is 6.76. The first-order valence-electron chi connectivity index (χ1n) is 9.31. The first-order valence-corrected chi connectivity index (χ1v) is 9.31. The highest BCUT2D eigenvalue weighted by molar-refractivity contribution is 5.94. The lowest BCUT2D eigenvalue weighted by Gasteiger charge is -2.26. The predicted molar refractivity (Wildman–Crippen MR) is 105 cm³/mol. The van der Waals surface area contributed by atoms with Crippen LogP contribution in [0, 0.1) is 0 Å². The zero-order valence-corrected chi connectivity index (χ0v) is 15.9. The summed E-state index contributed by atoms with van der Waals surface area (Å²) in [6.07, 6.45) is 2.35. The van der Waals surface area contributed by atoms with E-state index in [1.54, 1.807) is 28.8 Å². The number of pyridine rings is 1. The van der Waals surface area contributed by atoms with Crippen molar-refractivity contribution in [1.82, 2.24) is 19.4 Å². The SMILES string of the molecule is CCn1ccc(C(=O)N2CCc3nc(-c4ccc(OC)cc4)[nH]c3C2)cc1=O. The second-order valence-electron chi connectivity index (χ2n) is 6.76. The van der Waals surface area contributed by atoms with Crippen LogP contribution in [0.2, 0.25) is 0 Å². The topological polar surface area (TPSA) is 80.2 Å². The molecule has 0 unspecified atom stereocenters. The fraction of sp³-hybridized carbons (Fsp3) is 0.286. The predicted octanol–water partition coefficient (Wildman–Crippen LogP) is 2.47. The third-order valence-corrected chi connectivity index (χ3v) is 5.07. The van der Waals surface area contributed by atoms with Gasteiger partial charge >= 0.3 is 0 Å². The number of carbonyl (C=O) groups is 1. The summed E-state index contributed by atoms with van der Waals surface area (Å²) in [4.78, 5) is 34.7. The van der Waals surface area contributed by atoms with Crippen molar-refractivity contribution in [3.05, 3.63) is 69.9 Å². The van der Waals surface area contributed by atoms with Gasteiger partial charge in [0.25, 0.3) is 11.5 Å². The summed E-state index contributed by atoms with van der Waals surface area (Å²) in [6, 6.07) is 10.8. The van der Waals surface area contributed by atoms with E-state index in [4.69, 9.17) is 9.72 Å².